The first kappa shape index (κ1) is 44.3. The highest BCUT2D eigenvalue weighted by atomic mass is 15.1. The lowest BCUT2D eigenvalue weighted by molar-refractivity contribution is 1.09. The second kappa shape index (κ2) is 18.6. The lowest BCUT2D eigenvalue weighted by atomic mass is 9.99. The maximum Gasteiger partial charge on any atom is 0.160 e. The first-order chi connectivity index (χ1) is 37.6. The SMILES string of the molecule is N#Cc1cc(-n2c3ccc(-c4ccccc4)cc3c3cc(-c4ccccc4)ccc32)c(-n2c3ccc(-c4ccccc4)cc3c3cc(-c4ccccc4)ccc32)cc1-c1cc(-c2ccccc2)nc(-c2ccccc2)n1. The topological polar surface area (TPSA) is 59.4 Å². The smallest absolute Gasteiger partial charge is 0.160 e. The second-order valence-corrected chi connectivity index (χ2v) is 19.3. The number of aromatic nitrogens is 4. The number of nitrogens with zero attached hydrogens (tertiary/aromatic N) is 5. The zero-order valence-electron chi connectivity index (χ0n) is 41.2. The molecule has 0 atom stereocenters. The van der Waals surface area contributed by atoms with Crippen molar-refractivity contribution in [3.05, 3.63) is 279 Å². The van der Waals surface area contributed by atoms with E-state index in [4.69, 9.17) is 9.97 Å². The summed E-state index contributed by atoms with van der Waals surface area (Å²) in [6, 6.07) is 98.9. The Morgan fingerprint density at radius 3 is 0.947 bits per heavy atom. The van der Waals surface area contributed by atoms with E-state index in [1.807, 2.05) is 54.6 Å². The van der Waals surface area contributed by atoms with Gasteiger partial charge in [-0.3, -0.25) is 0 Å². The number of hydrogen-bond acceptors (Lipinski definition) is 3. The van der Waals surface area contributed by atoms with Gasteiger partial charge >= 0.3 is 0 Å². The quantitative estimate of drug-likeness (QED) is 0.145. The molecule has 0 amide bonds. The number of fused-ring (bicyclic) bond motifs is 6. The molecule has 3 heterocycles. The van der Waals surface area contributed by atoms with Crippen LogP contribution in [0.5, 0.6) is 0 Å². The maximum absolute atomic E-state index is 11.6. The molecule has 0 fully saturated rings. The monoisotopic (exact) mass is 967 g/mol. The van der Waals surface area contributed by atoms with Gasteiger partial charge in [0.05, 0.1) is 56.5 Å². The number of hydrogen-bond donors (Lipinski definition) is 0. The molecule has 11 aromatic carbocycles. The van der Waals surface area contributed by atoms with E-state index < -0.39 is 0 Å². The average Bonchev–Trinajstić information content (AvgIpc) is 4.07. The van der Waals surface area contributed by atoms with Crippen LogP contribution >= 0.6 is 0 Å². The summed E-state index contributed by atoms with van der Waals surface area (Å²) in [6.45, 7) is 0. The second-order valence-electron chi connectivity index (χ2n) is 19.3. The van der Waals surface area contributed by atoms with Gasteiger partial charge in [0.25, 0.3) is 0 Å². The Morgan fingerprint density at radius 2 is 0.592 bits per heavy atom. The van der Waals surface area contributed by atoms with Crippen molar-refractivity contribution in [2.24, 2.45) is 0 Å². The van der Waals surface area contributed by atoms with Gasteiger partial charge in [-0.25, -0.2) is 9.97 Å². The highest BCUT2D eigenvalue weighted by molar-refractivity contribution is 6.14. The first-order valence-electron chi connectivity index (χ1n) is 25.6. The third-order valence-corrected chi connectivity index (χ3v) is 14.8. The van der Waals surface area contributed by atoms with Gasteiger partial charge in [-0.15, -0.1) is 0 Å². The fourth-order valence-electron chi connectivity index (χ4n) is 11.1. The predicted octanol–water partition coefficient (Wildman–Crippen LogP) is 18.2. The normalized spacial score (nSPS) is 11.4. The molecule has 0 saturated heterocycles. The molecule has 0 bridgehead atoms. The van der Waals surface area contributed by atoms with Crippen molar-refractivity contribution in [2.45, 2.75) is 0 Å². The van der Waals surface area contributed by atoms with Crippen LogP contribution in [0.1, 0.15) is 5.56 Å². The van der Waals surface area contributed by atoms with Gasteiger partial charge < -0.3 is 9.13 Å². The molecule has 14 aromatic rings. The van der Waals surface area contributed by atoms with Crippen LogP contribution in [0.3, 0.4) is 0 Å². The minimum Gasteiger partial charge on any atom is -0.307 e. The van der Waals surface area contributed by atoms with Crippen molar-refractivity contribution >= 4 is 43.6 Å². The maximum atomic E-state index is 11.6. The Kier molecular flexibility index (Phi) is 10.8. The zero-order chi connectivity index (χ0) is 50.5. The van der Waals surface area contributed by atoms with E-state index in [1.165, 1.54) is 0 Å². The molecule has 0 N–H and O–H groups in total. The van der Waals surface area contributed by atoms with Gasteiger partial charge in [-0.1, -0.05) is 206 Å². The van der Waals surface area contributed by atoms with Crippen molar-refractivity contribution in [3.63, 3.8) is 0 Å². The number of rotatable bonds is 9. The third kappa shape index (κ3) is 7.72. The van der Waals surface area contributed by atoms with Crippen molar-refractivity contribution in [2.75, 3.05) is 0 Å². The summed E-state index contributed by atoms with van der Waals surface area (Å²) in [5.41, 5.74) is 19.4. The largest absolute Gasteiger partial charge is 0.307 e. The van der Waals surface area contributed by atoms with Crippen LogP contribution in [-0.4, -0.2) is 19.1 Å². The van der Waals surface area contributed by atoms with E-state index in [9.17, 15) is 5.26 Å². The van der Waals surface area contributed by atoms with E-state index in [0.717, 1.165) is 116 Å². The Morgan fingerprint density at radius 1 is 0.276 bits per heavy atom. The molecule has 0 unspecified atom stereocenters. The molecular weight excluding hydrogens is 923 g/mol. The first-order valence-corrected chi connectivity index (χ1v) is 25.6. The molecule has 0 aliphatic rings. The number of nitriles is 1. The number of benzene rings is 11. The molecule has 76 heavy (non-hydrogen) atoms. The molecule has 5 nitrogen and oxygen atoms in total. The molecule has 0 saturated carbocycles. The van der Waals surface area contributed by atoms with Crippen LogP contribution in [0.15, 0.2) is 273 Å². The fourth-order valence-corrected chi connectivity index (χ4v) is 11.1. The standard InChI is InChI=1S/C71H45N5/c72-46-57-43-69(75-65-35-31-53(47-19-7-1-8-20-47)39-59(65)60-40-54(32-36-66(60)75)48-21-9-2-10-22-48)70(44-58(57)64-45-63(51-27-15-5-16-28-51)73-71(74-64)52-29-17-6-18-30-52)76-67-37-33-55(49-23-11-3-12-24-49)41-61(67)62-42-56(34-38-68(62)76)50-25-13-4-14-26-50/h1-45H. The molecule has 0 aliphatic heterocycles. The van der Waals surface area contributed by atoms with Crippen LogP contribution < -0.4 is 0 Å². The minimum atomic E-state index is 0.491. The molecular formula is C71H45N5. The van der Waals surface area contributed by atoms with Gasteiger partial charge in [-0.05, 0) is 111 Å². The van der Waals surface area contributed by atoms with Crippen molar-refractivity contribution in [1.82, 2.24) is 19.1 Å². The van der Waals surface area contributed by atoms with Crippen LogP contribution in [0, 0.1) is 11.3 Å². The van der Waals surface area contributed by atoms with Gasteiger partial charge in [0.1, 0.15) is 0 Å². The van der Waals surface area contributed by atoms with Gasteiger partial charge in [-0.2, -0.15) is 5.26 Å². The predicted molar refractivity (Wildman–Crippen MR) is 313 cm³/mol. The van der Waals surface area contributed by atoms with E-state index in [1.54, 1.807) is 0 Å². The van der Waals surface area contributed by atoms with Crippen molar-refractivity contribution in [1.29, 1.82) is 5.26 Å². The van der Waals surface area contributed by atoms with Gasteiger partial charge in [0.15, 0.2) is 5.82 Å². The summed E-state index contributed by atoms with van der Waals surface area (Å²) < 4.78 is 4.77. The van der Waals surface area contributed by atoms with Crippen LogP contribution in [0.2, 0.25) is 0 Å². The molecule has 14 rings (SSSR count). The Labute approximate surface area is 440 Å². The molecule has 354 valence electrons. The Bertz CT molecular complexity index is 4290. The van der Waals surface area contributed by atoms with Gasteiger partial charge in [0.2, 0.25) is 0 Å². The molecule has 0 spiro atoms. The zero-order valence-corrected chi connectivity index (χ0v) is 41.2. The Hall–Kier alpha value is -10.4. The van der Waals surface area contributed by atoms with E-state index in [2.05, 4.69) is 234 Å². The summed E-state index contributed by atoms with van der Waals surface area (Å²) >= 11 is 0. The lowest BCUT2D eigenvalue weighted by Crippen LogP contribution is -2.06. The summed E-state index contributed by atoms with van der Waals surface area (Å²) in [6.07, 6.45) is 0. The summed E-state index contributed by atoms with van der Waals surface area (Å²) in [4.78, 5) is 10.5. The lowest BCUT2D eigenvalue weighted by Gasteiger charge is -2.20. The molecule has 5 heteroatoms. The van der Waals surface area contributed by atoms with Gasteiger partial charge in [0, 0.05) is 38.2 Å². The fraction of sp³-hybridized carbons (Fsp3) is 0. The summed E-state index contributed by atoms with van der Waals surface area (Å²) in [7, 11) is 0. The van der Waals surface area contributed by atoms with Crippen LogP contribution in [0.25, 0.3) is 133 Å². The highest BCUT2D eigenvalue weighted by Gasteiger charge is 2.25. The van der Waals surface area contributed by atoms with E-state index in [0.29, 0.717) is 22.6 Å². The highest BCUT2D eigenvalue weighted by Crippen LogP contribution is 2.44. The van der Waals surface area contributed by atoms with Crippen molar-refractivity contribution < 1.29 is 0 Å². The minimum absolute atomic E-state index is 0.491. The Balaban J connectivity index is 1.11. The summed E-state index contributed by atoms with van der Waals surface area (Å²) in [5, 5.41) is 16.0. The van der Waals surface area contributed by atoms with E-state index >= 15 is 0 Å². The average molecular weight is 968 g/mol. The van der Waals surface area contributed by atoms with Crippen molar-refractivity contribution in [3.8, 4) is 95.9 Å². The molecule has 3 aromatic heterocycles. The van der Waals surface area contributed by atoms with E-state index in [-0.39, 0.29) is 0 Å². The van der Waals surface area contributed by atoms with Crippen LogP contribution in [-0.2, 0) is 0 Å². The third-order valence-electron chi connectivity index (χ3n) is 14.8. The molecule has 0 radical (unpaired) electrons. The van der Waals surface area contributed by atoms with Crippen LogP contribution in [0.4, 0.5) is 0 Å². The molecule has 0 aliphatic carbocycles. The summed E-state index contributed by atoms with van der Waals surface area (Å²) in [5.74, 6) is 0.580.